The van der Waals surface area contributed by atoms with Gasteiger partial charge in [-0.15, -0.1) is 0 Å². The maximum absolute atomic E-state index is 9.17. The van der Waals surface area contributed by atoms with Crippen molar-refractivity contribution < 1.29 is 0 Å². The number of anilines is 1. The Balaban J connectivity index is 2.16. The lowest BCUT2D eigenvalue weighted by Gasteiger charge is -2.04. The van der Waals surface area contributed by atoms with Crippen LogP contribution in [-0.4, -0.2) is 20.3 Å². The van der Waals surface area contributed by atoms with Crippen LogP contribution >= 0.6 is 12.2 Å². The van der Waals surface area contributed by atoms with Crippen LogP contribution < -0.4 is 11.1 Å². The molecule has 3 aromatic rings. The molecule has 7 heteroatoms. The van der Waals surface area contributed by atoms with Crippen LogP contribution in [0.4, 0.5) is 5.82 Å². The third kappa shape index (κ3) is 2.40. The van der Waals surface area contributed by atoms with Crippen molar-refractivity contribution in [3.05, 3.63) is 42.1 Å². The van der Waals surface area contributed by atoms with E-state index in [0.29, 0.717) is 17.1 Å². The van der Waals surface area contributed by atoms with Crippen molar-refractivity contribution in [2.75, 3.05) is 5.32 Å². The van der Waals surface area contributed by atoms with E-state index in [9.17, 15) is 5.26 Å². The third-order valence-electron chi connectivity index (χ3n) is 3.01. The van der Waals surface area contributed by atoms with E-state index in [0.717, 1.165) is 16.5 Å². The molecule has 0 atom stereocenters. The molecule has 102 valence electrons. The lowest BCUT2D eigenvalue weighted by Crippen LogP contribution is -2.19. The van der Waals surface area contributed by atoms with Gasteiger partial charge in [0.1, 0.15) is 6.07 Å². The number of pyridine rings is 1. The molecule has 0 spiro atoms. The molecule has 4 N–H and O–H groups in total. The Morgan fingerprint density at radius 3 is 3.00 bits per heavy atom. The molecule has 2 heterocycles. The number of aromatic amines is 1. The number of H-pyrrole nitrogens is 1. The number of aromatic nitrogens is 3. The summed E-state index contributed by atoms with van der Waals surface area (Å²) >= 11 is 4.83. The molecular formula is C14H10N6S. The van der Waals surface area contributed by atoms with Gasteiger partial charge in [-0.05, 0) is 36.5 Å². The molecule has 3 rings (SSSR count). The van der Waals surface area contributed by atoms with Gasteiger partial charge in [-0.1, -0.05) is 6.07 Å². The molecule has 0 fully saturated rings. The predicted octanol–water partition coefficient (Wildman–Crippen LogP) is 2.15. The molecule has 0 unspecified atom stereocenters. The Bertz CT molecular complexity index is 877. The number of thiocarbonyl (C=S) groups is 1. The van der Waals surface area contributed by atoms with Crippen LogP contribution in [0.2, 0.25) is 0 Å². The molecule has 0 bridgehead atoms. The summed E-state index contributed by atoms with van der Waals surface area (Å²) in [6.07, 6.45) is 1.66. The Labute approximate surface area is 125 Å². The van der Waals surface area contributed by atoms with E-state index in [1.807, 2.05) is 18.2 Å². The second-order valence-corrected chi connectivity index (χ2v) is 4.77. The fourth-order valence-electron chi connectivity index (χ4n) is 2.10. The smallest absolute Gasteiger partial charge is 0.169 e. The Morgan fingerprint density at radius 1 is 1.38 bits per heavy atom. The van der Waals surface area contributed by atoms with E-state index in [1.54, 1.807) is 18.3 Å². The summed E-state index contributed by atoms with van der Waals surface area (Å²) in [6.45, 7) is 0. The summed E-state index contributed by atoms with van der Waals surface area (Å²) in [7, 11) is 0. The zero-order valence-electron chi connectivity index (χ0n) is 10.8. The summed E-state index contributed by atoms with van der Waals surface area (Å²) in [4.78, 5) is 4.28. The normalized spacial score (nSPS) is 10.2. The Kier molecular flexibility index (Phi) is 3.22. The number of nitrogens with zero attached hydrogens (tertiary/aromatic N) is 3. The molecule has 0 aliphatic carbocycles. The SMILES string of the molecule is N#Cc1cccnc1-c1ccc2[nH]nc(NC(N)=S)c2c1. The van der Waals surface area contributed by atoms with Gasteiger partial charge in [0.25, 0.3) is 0 Å². The van der Waals surface area contributed by atoms with Crippen molar-refractivity contribution in [3.63, 3.8) is 0 Å². The zero-order valence-corrected chi connectivity index (χ0v) is 11.6. The zero-order chi connectivity index (χ0) is 14.8. The standard InChI is InChI=1S/C14H10N6S/c15-7-9-2-1-5-17-12(9)8-3-4-11-10(6-8)13(20-19-11)18-14(16)21/h1-6H,(H4,16,18,19,20,21). The van der Waals surface area contributed by atoms with Crippen LogP contribution in [0.15, 0.2) is 36.5 Å². The number of nitrogens with one attached hydrogen (secondary N) is 2. The molecule has 0 aliphatic rings. The van der Waals surface area contributed by atoms with Gasteiger partial charge in [0.15, 0.2) is 10.9 Å². The van der Waals surface area contributed by atoms with Crippen molar-refractivity contribution in [1.82, 2.24) is 15.2 Å². The largest absolute Gasteiger partial charge is 0.376 e. The van der Waals surface area contributed by atoms with Crippen LogP contribution in [0, 0.1) is 11.3 Å². The first-order valence-corrected chi connectivity index (χ1v) is 6.50. The van der Waals surface area contributed by atoms with E-state index in [-0.39, 0.29) is 5.11 Å². The second-order valence-electron chi connectivity index (χ2n) is 4.33. The minimum atomic E-state index is 0.143. The van der Waals surface area contributed by atoms with Gasteiger partial charge in [-0.2, -0.15) is 10.4 Å². The number of benzene rings is 1. The molecule has 0 radical (unpaired) electrons. The van der Waals surface area contributed by atoms with Gasteiger partial charge in [-0.3, -0.25) is 10.1 Å². The Hall–Kier alpha value is -2.98. The van der Waals surface area contributed by atoms with Crippen LogP contribution in [0.5, 0.6) is 0 Å². The summed E-state index contributed by atoms with van der Waals surface area (Å²) in [6, 6.07) is 11.3. The van der Waals surface area contributed by atoms with Crippen molar-refractivity contribution in [2.45, 2.75) is 0 Å². The number of nitrogens with two attached hydrogens (primary N) is 1. The average Bonchev–Trinajstić information content (AvgIpc) is 2.89. The van der Waals surface area contributed by atoms with Crippen molar-refractivity contribution in [2.24, 2.45) is 5.73 Å². The van der Waals surface area contributed by atoms with Gasteiger partial charge in [0.2, 0.25) is 0 Å². The van der Waals surface area contributed by atoms with E-state index >= 15 is 0 Å². The second kappa shape index (κ2) is 5.19. The van der Waals surface area contributed by atoms with Gasteiger partial charge < -0.3 is 11.1 Å². The summed E-state index contributed by atoms with van der Waals surface area (Å²) < 4.78 is 0. The van der Waals surface area contributed by atoms with E-state index in [2.05, 4.69) is 26.6 Å². The highest BCUT2D eigenvalue weighted by Gasteiger charge is 2.10. The van der Waals surface area contributed by atoms with E-state index in [1.165, 1.54) is 0 Å². The van der Waals surface area contributed by atoms with Gasteiger partial charge >= 0.3 is 0 Å². The van der Waals surface area contributed by atoms with Crippen molar-refractivity contribution in [3.8, 4) is 17.3 Å². The average molecular weight is 294 g/mol. The van der Waals surface area contributed by atoms with Crippen LogP contribution in [0.1, 0.15) is 5.56 Å². The lowest BCUT2D eigenvalue weighted by molar-refractivity contribution is 1.12. The van der Waals surface area contributed by atoms with Gasteiger partial charge in [0, 0.05) is 17.1 Å². The quantitative estimate of drug-likeness (QED) is 0.626. The number of hydrogen-bond acceptors (Lipinski definition) is 4. The molecule has 0 saturated carbocycles. The maximum atomic E-state index is 9.17. The van der Waals surface area contributed by atoms with Crippen LogP contribution in [0.25, 0.3) is 22.2 Å². The number of hydrogen-bond donors (Lipinski definition) is 3. The number of fused-ring (bicyclic) bond motifs is 1. The van der Waals surface area contributed by atoms with E-state index in [4.69, 9.17) is 18.0 Å². The van der Waals surface area contributed by atoms with Crippen molar-refractivity contribution >= 4 is 34.1 Å². The number of rotatable bonds is 2. The maximum Gasteiger partial charge on any atom is 0.169 e. The first-order chi connectivity index (χ1) is 10.2. The van der Waals surface area contributed by atoms with Crippen molar-refractivity contribution in [1.29, 1.82) is 5.26 Å². The molecular weight excluding hydrogens is 284 g/mol. The first-order valence-electron chi connectivity index (χ1n) is 6.09. The fraction of sp³-hybridized carbons (Fsp3) is 0. The molecule has 1 aromatic carbocycles. The highest BCUT2D eigenvalue weighted by Crippen LogP contribution is 2.28. The molecule has 2 aromatic heterocycles. The lowest BCUT2D eigenvalue weighted by atomic mass is 10.0. The molecule has 0 amide bonds. The molecule has 21 heavy (non-hydrogen) atoms. The first kappa shape index (κ1) is 13.0. The minimum absolute atomic E-state index is 0.143. The highest BCUT2D eigenvalue weighted by molar-refractivity contribution is 7.80. The summed E-state index contributed by atoms with van der Waals surface area (Å²) in [5.74, 6) is 0.550. The topological polar surface area (TPSA) is 103 Å². The fourth-order valence-corrected chi connectivity index (χ4v) is 2.20. The van der Waals surface area contributed by atoms with Gasteiger partial charge in [-0.25, -0.2) is 0 Å². The predicted molar refractivity (Wildman–Crippen MR) is 84.4 cm³/mol. The highest BCUT2D eigenvalue weighted by atomic mass is 32.1. The van der Waals surface area contributed by atoms with Crippen LogP contribution in [-0.2, 0) is 0 Å². The summed E-state index contributed by atoms with van der Waals surface area (Å²) in [5, 5.41) is 20.0. The van der Waals surface area contributed by atoms with Gasteiger partial charge in [0.05, 0.1) is 16.8 Å². The minimum Gasteiger partial charge on any atom is -0.376 e. The Morgan fingerprint density at radius 2 is 2.24 bits per heavy atom. The monoisotopic (exact) mass is 294 g/mol. The number of nitriles is 1. The molecule has 0 aliphatic heterocycles. The third-order valence-corrected chi connectivity index (χ3v) is 3.11. The van der Waals surface area contributed by atoms with E-state index < -0.39 is 0 Å². The molecule has 0 saturated heterocycles. The molecule has 6 nitrogen and oxygen atoms in total. The summed E-state index contributed by atoms with van der Waals surface area (Å²) in [5.41, 5.74) is 8.29. The van der Waals surface area contributed by atoms with Crippen LogP contribution in [0.3, 0.4) is 0 Å².